The first-order valence-corrected chi connectivity index (χ1v) is 8.29. The summed E-state index contributed by atoms with van der Waals surface area (Å²) in [5.41, 5.74) is 3.31. The molecule has 23 heavy (non-hydrogen) atoms. The van der Waals surface area contributed by atoms with Crippen molar-refractivity contribution in [3.8, 4) is 0 Å². The van der Waals surface area contributed by atoms with Gasteiger partial charge in [-0.05, 0) is 33.2 Å². The minimum absolute atomic E-state index is 0.0713. The molecule has 0 aromatic carbocycles. The summed E-state index contributed by atoms with van der Waals surface area (Å²) in [6.45, 7) is 6.87. The Hall–Kier alpha value is -1.73. The fourth-order valence-corrected chi connectivity index (χ4v) is 3.67. The highest BCUT2D eigenvalue weighted by atomic mass is 16.5. The van der Waals surface area contributed by atoms with Crippen LogP contribution in [0.3, 0.4) is 0 Å². The van der Waals surface area contributed by atoms with E-state index >= 15 is 0 Å². The number of fused-ring (bicyclic) bond motifs is 1. The van der Waals surface area contributed by atoms with Crippen LogP contribution in [0.1, 0.15) is 47.6 Å². The molecule has 2 aromatic heterocycles. The third-order valence-electron chi connectivity index (χ3n) is 5.15. The van der Waals surface area contributed by atoms with E-state index < -0.39 is 0 Å². The van der Waals surface area contributed by atoms with Crippen molar-refractivity contribution in [3.05, 3.63) is 28.7 Å². The lowest BCUT2D eigenvalue weighted by molar-refractivity contribution is -0.0548. The lowest BCUT2D eigenvalue weighted by atomic mass is 10.1. The minimum atomic E-state index is -0.0713. The number of aromatic nitrogens is 4. The fraction of sp³-hybridized carbons (Fsp3) is 0.688. The Bertz CT molecular complexity index is 707. The highest BCUT2D eigenvalue weighted by Crippen LogP contribution is 2.29. The van der Waals surface area contributed by atoms with Crippen molar-refractivity contribution in [3.63, 3.8) is 0 Å². The Labute approximate surface area is 135 Å². The van der Waals surface area contributed by atoms with Crippen molar-refractivity contribution >= 4 is 0 Å². The number of morpholine rings is 1. The topological polar surface area (TPSA) is 69.2 Å². The van der Waals surface area contributed by atoms with Crippen LogP contribution in [0.5, 0.6) is 0 Å². The summed E-state index contributed by atoms with van der Waals surface area (Å²) in [6, 6.07) is 0.582. The Balaban J connectivity index is 1.48. The maximum Gasteiger partial charge on any atom is 0.231 e. The summed E-state index contributed by atoms with van der Waals surface area (Å²) in [4.78, 5) is 7.05. The predicted molar refractivity (Wildman–Crippen MR) is 83.1 cm³/mol. The molecule has 2 fully saturated rings. The summed E-state index contributed by atoms with van der Waals surface area (Å²) in [5.74, 6) is 1.30. The first-order valence-electron chi connectivity index (χ1n) is 8.29. The van der Waals surface area contributed by atoms with Crippen LogP contribution in [0.2, 0.25) is 0 Å². The van der Waals surface area contributed by atoms with Gasteiger partial charge in [0.15, 0.2) is 0 Å². The predicted octanol–water partition coefficient (Wildman–Crippen LogP) is 1.55. The molecule has 0 bridgehead atoms. The number of ether oxygens (including phenoxy) is 1. The van der Waals surface area contributed by atoms with Crippen LogP contribution in [0, 0.1) is 13.8 Å². The second-order valence-electron chi connectivity index (χ2n) is 6.61. The monoisotopic (exact) mass is 317 g/mol. The van der Waals surface area contributed by atoms with Gasteiger partial charge in [0, 0.05) is 30.9 Å². The summed E-state index contributed by atoms with van der Waals surface area (Å²) >= 11 is 0. The molecule has 0 spiro atoms. The largest absolute Gasteiger partial charge is 0.367 e. The van der Waals surface area contributed by atoms with Crippen LogP contribution in [0.4, 0.5) is 0 Å². The Morgan fingerprint density at radius 3 is 2.96 bits per heavy atom. The smallest absolute Gasteiger partial charge is 0.231 e. The molecule has 4 heterocycles. The summed E-state index contributed by atoms with van der Waals surface area (Å²) in [6.07, 6.45) is 3.05. The van der Waals surface area contributed by atoms with E-state index in [1.54, 1.807) is 0 Å². The maximum atomic E-state index is 5.95. The summed E-state index contributed by atoms with van der Waals surface area (Å²) < 4.78 is 13.3. The van der Waals surface area contributed by atoms with E-state index in [0.29, 0.717) is 24.2 Å². The standard InChI is InChI=1S/C16H23N5O2/c1-10-13(11(2)20(3)18-10)7-15-17-16(19-23-15)14-8-21-6-4-5-12(21)9-22-14/h12,14H,4-9H2,1-3H3/t12-,14-/m1/s1. The van der Waals surface area contributed by atoms with Gasteiger partial charge in [0.1, 0.15) is 6.10 Å². The van der Waals surface area contributed by atoms with Crippen molar-refractivity contribution in [1.82, 2.24) is 24.8 Å². The van der Waals surface area contributed by atoms with E-state index in [-0.39, 0.29) is 6.10 Å². The third-order valence-corrected chi connectivity index (χ3v) is 5.15. The Morgan fingerprint density at radius 2 is 2.17 bits per heavy atom. The Kier molecular flexibility index (Phi) is 3.69. The second kappa shape index (κ2) is 5.72. The molecule has 0 saturated carbocycles. The summed E-state index contributed by atoms with van der Waals surface area (Å²) in [7, 11) is 1.95. The molecule has 2 aliphatic rings. The molecule has 0 unspecified atom stereocenters. The van der Waals surface area contributed by atoms with Gasteiger partial charge in [0.05, 0.1) is 18.7 Å². The van der Waals surface area contributed by atoms with Crippen LogP contribution in [-0.2, 0) is 18.2 Å². The second-order valence-corrected chi connectivity index (χ2v) is 6.61. The number of rotatable bonds is 3. The number of aryl methyl sites for hydroxylation is 2. The van der Waals surface area contributed by atoms with Gasteiger partial charge in [0.25, 0.3) is 0 Å². The molecule has 7 heteroatoms. The molecule has 2 atom stereocenters. The number of hydrogen-bond donors (Lipinski definition) is 0. The van der Waals surface area contributed by atoms with E-state index in [0.717, 1.165) is 36.6 Å². The third kappa shape index (κ3) is 2.68. The molecule has 2 saturated heterocycles. The van der Waals surface area contributed by atoms with Crippen molar-refractivity contribution in [2.45, 2.75) is 45.3 Å². The number of hydrogen-bond acceptors (Lipinski definition) is 6. The first-order chi connectivity index (χ1) is 11.1. The molecule has 7 nitrogen and oxygen atoms in total. The Morgan fingerprint density at radius 1 is 1.30 bits per heavy atom. The van der Waals surface area contributed by atoms with Crippen molar-refractivity contribution in [2.75, 3.05) is 19.7 Å². The lowest BCUT2D eigenvalue weighted by Gasteiger charge is -2.33. The zero-order chi connectivity index (χ0) is 16.0. The molecule has 4 rings (SSSR count). The van der Waals surface area contributed by atoms with Gasteiger partial charge in [-0.3, -0.25) is 9.58 Å². The van der Waals surface area contributed by atoms with Crippen LogP contribution in [0.25, 0.3) is 0 Å². The number of nitrogens with zero attached hydrogens (tertiary/aromatic N) is 5. The molecular formula is C16H23N5O2. The molecule has 2 aliphatic heterocycles. The van der Waals surface area contributed by atoms with E-state index in [2.05, 4.69) is 27.1 Å². The SMILES string of the molecule is Cc1nn(C)c(C)c1Cc1nc([C@H]2CN3CCC[C@@H]3CO2)no1. The average molecular weight is 317 g/mol. The fourth-order valence-electron chi connectivity index (χ4n) is 3.67. The van der Waals surface area contributed by atoms with E-state index in [1.807, 2.05) is 18.7 Å². The molecule has 0 radical (unpaired) electrons. The van der Waals surface area contributed by atoms with Crippen LogP contribution < -0.4 is 0 Å². The van der Waals surface area contributed by atoms with E-state index in [9.17, 15) is 0 Å². The zero-order valence-corrected chi connectivity index (χ0v) is 13.9. The highest BCUT2D eigenvalue weighted by molar-refractivity contribution is 5.27. The van der Waals surface area contributed by atoms with Crippen molar-refractivity contribution in [2.24, 2.45) is 7.05 Å². The van der Waals surface area contributed by atoms with Crippen LogP contribution >= 0.6 is 0 Å². The first kappa shape index (κ1) is 14.8. The zero-order valence-electron chi connectivity index (χ0n) is 13.9. The molecule has 0 aliphatic carbocycles. The molecule has 0 N–H and O–H groups in total. The van der Waals surface area contributed by atoms with Gasteiger partial charge >= 0.3 is 0 Å². The molecule has 0 amide bonds. The average Bonchev–Trinajstić information content (AvgIpc) is 3.24. The van der Waals surface area contributed by atoms with Gasteiger partial charge in [-0.2, -0.15) is 10.1 Å². The quantitative estimate of drug-likeness (QED) is 0.855. The van der Waals surface area contributed by atoms with Gasteiger partial charge in [-0.25, -0.2) is 0 Å². The van der Waals surface area contributed by atoms with Gasteiger partial charge in [0.2, 0.25) is 11.7 Å². The highest BCUT2D eigenvalue weighted by Gasteiger charge is 2.34. The molecule has 2 aromatic rings. The molecule has 124 valence electrons. The normalized spacial score (nSPS) is 25.0. The van der Waals surface area contributed by atoms with Crippen molar-refractivity contribution < 1.29 is 9.26 Å². The van der Waals surface area contributed by atoms with Crippen molar-refractivity contribution in [1.29, 1.82) is 0 Å². The maximum absolute atomic E-state index is 5.95. The summed E-state index contributed by atoms with van der Waals surface area (Å²) in [5, 5.41) is 8.59. The van der Waals surface area contributed by atoms with Crippen LogP contribution in [-0.4, -0.2) is 50.6 Å². The van der Waals surface area contributed by atoms with Crippen LogP contribution in [0.15, 0.2) is 4.52 Å². The lowest BCUT2D eigenvalue weighted by Crippen LogP contribution is -2.42. The molecular weight excluding hydrogens is 294 g/mol. The van der Waals surface area contributed by atoms with Gasteiger partial charge in [-0.1, -0.05) is 5.16 Å². The van der Waals surface area contributed by atoms with Gasteiger partial charge in [-0.15, -0.1) is 0 Å². The van der Waals surface area contributed by atoms with E-state index in [4.69, 9.17) is 9.26 Å². The van der Waals surface area contributed by atoms with E-state index in [1.165, 1.54) is 12.8 Å². The van der Waals surface area contributed by atoms with Gasteiger partial charge < -0.3 is 9.26 Å². The minimum Gasteiger partial charge on any atom is -0.367 e.